The van der Waals surface area contributed by atoms with E-state index in [-0.39, 0.29) is 12.2 Å². The molecule has 0 unspecified atom stereocenters. The Morgan fingerprint density at radius 1 is 1.03 bits per heavy atom. The Bertz CT molecular complexity index is 998. The Hall–Kier alpha value is -3.20. The van der Waals surface area contributed by atoms with Crippen molar-refractivity contribution in [3.8, 4) is 11.3 Å². The fourth-order valence-corrected chi connectivity index (χ4v) is 4.68. The number of benzene rings is 1. The minimum Gasteiger partial charge on any atom is -0.453 e. The Morgan fingerprint density at radius 3 is 2.25 bits per heavy atom. The van der Waals surface area contributed by atoms with Gasteiger partial charge in [-0.3, -0.25) is 20.2 Å². The van der Waals surface area contributed by atoms with Crippen molar-refractivity contribution in [1.82, 2.24) is 19.8 Å². The van der Waals surface area contributed by atoms with Crippen LogP contribution in [0.5, 0.6) is 0 Å². The van der Waals surface area contributed by atoms with Gasteiger partial charge in [0.1, 0.15) is 6.10 Å². The Kier molecular flexibility index (Phi) is 8.74. The summed E-state index contributed by atoms with van der Waals surface area (Å²) in [5.74, 6) is 0. The fourth-order valence-electron chi connectivity index (χ4n) is 4.68. The van der Waals surface area contributed by atoms with Crippen LogP contribution in [0.4, 0.5) is 15.3 Å². The van der Waals surface area contributed by atoms with Gasteiger partial charge in [-0.05, 0) is 50.7 Å². The average molecular weight is 496 g/mol. The SMILES string of the molecule is CCC(CC)OC(=O)N1CCC(N(Cc2cnc(-c3ccc(NC(=O)OC)cc3)cn2)C2CC2)CC1. The van der Waals surface area contributed by atoms with E-state index in [1.807, 2.05) is 35.4 Å². The van der Waals surface area contributed by atoms with Crippen molar-refractivity contribution < 1.29 is 19.1 Å². The van der Waals surface area contributed by atoms with Gasteiger partial charge in [-0.2, -0.15) is 0 Å². The van der Waals surface area contributed by atoms with Crippen molar-refractivity contribution in [2.75, 3.05) is 25.5 Å². The lowest BCUT2D eigenvalue weighted by Crippen LogP contribution is -2.48. The Morgan fingerprint density at radius 2 is 1.69 bits per heavy atom. The summed E-state index contributed by atoms with van der Waals surface area (Å²) >= 11 is 0. The zero-order chi connectivity index (χ0) is 25.5. The highest BCUT2D eigenvalue weighted by molar-refractivity contribution is 5.84. The predicted octanol–water partition coefficient (Wildman–Crippen LogP) is 5.08. The molecule has 4 rings (SSSR count). The number of nitrogens with zero attached hydrogens (tertiary/aromatic N) is 4. The first-order chi connectivity index (χ1) is 17.5. The second-order valence-electron chi connectivity index (χ2n) is 9.53. The quantitative estimate of drug-likeness (QED) is 0.518. The van der Waals surface area contributed by atoms with Gasteiger partial charge < -0.3 is 14.4 Å². The van der Waals surface area contributed by atoms with Gasteiger partial charge in [0.2, 0.25) is 0 Å². The van der Waals surface area contributed by atoms with Gasteiger partial charge in [-0.25, -0.2) is 9.59 Å². The number of hydrogen-bond acceptors (Lipinski definition) is 7. The Labute approximate surface area is 213 Å². The van der Waals surface area contributed by atoms with Gasteiger partial charge in [-0.15, -0.1) is 0 Å². The topological polar surface area (TPSA) is 96.9 Å². The summed E-state index contributed by atoms with van der Waals surface area (Å²) in [5, 5.41) is 2.64. The van der Waals surface area contributed by atoms with Gasteiger partial charge in [0, 0.05) is 43.0 Å². The van der Waals surface area contributed by atoms with E-state index in [9.17, 15) is 9.59 Å². The summed E-state index contributed by atoms with van der Waals surface area (Å²) in [6.45, 7) is 6.34. The van der Waals surface area contributed by atoms with E-state index in [0.29, 0.717) is 17.8 Å². The van der Waals surface area contributed by atoms with Gasteiger partial charge in [0.15, 0.2) is 0 Å². The summed E-state index contributed by atoms with van der Waals surface area (Å²) < 4.78 is 10.3. The second-order valence-corrected chi connectivity index (χ2v) is 9.53. The fraction of sp³-hybridized carbons (Fsp3) is 0.556. The second kappa shape index (κ2) is 12.2. The molecule has 1 aliphatic carbocycles. The van der Waals surface area contributed by atoms with Crippen molar-refractivity contribution >= 4 is 17.9 Å². The number of aromatic nitrogens is 2. The Balaban J connectivity index is 1.32. The number of amides is 2. The van der Waals surface area contributed by atoms with Crippen LogP contribution in [0.2, 0.25) is 0 Å². The van der Waals surface area contributed by atoms with Crippen molar-refractivity contribution in [3.63, 3.8) is 0 Å². The molecule has 0 radical (unpaired) electrons. The van der Waals surface area contributed by atoms with Crippen LogP contribution in [0, 0.1) is 0 Å². The molecule has 0 spiro atoms. The van der Waals surface area contributed by atoms with Crippen LogP contribution in [-0.2, 0) is 16.0 Å². The molecule has 1 saturated carbocycles. The molecular formula is C27H37N5O4. The van der Waals surface area contributed by atoms with Gasteiger partial charge in [0.25, 0.3) is 0 Å². The van der Waals surface area contributed by atoms with E-state index >= 15 is 0 Å². The minimum atomic E-state index is -0.501. The first-order valence-electron chi connectivity index (χ1n) is 13.0. The molecule has 1 saturated heterocycles. The van der Waals surface area contributed by atoms with E-state index in [4.69, 9.17) is 9.72 Å². The molecule has 0 bridgehead atoms. The number of carbonyl (C=O) groups is 2. The number of nitrogens with one attached hydrogen (secondary N) is 1. The van der Waals surface area contributed by atoms with Crippen molar-refractivity contribution in [2.45, 2.75) is 77.1 Å². The van der Waals surface area contributed by atoms with Crippen LogP contribution in [-0.4, -0.2) is 70.3 Å². The first-order valence-corrected chi connectivity index (χ1v) is 13.0. The maximum Gasteiger partial charge on any atom is 0.411 e. The summed E-state index contributed by atoms with van der Waals surface area (Å²) in [7, 11) is 1.33. The molecule has 2 aromatic rings. The molecule has 36 heavy (non-hydrogen) atoms. The van der Waals surface area contributed by atoms with E-state index in [2.05, 4.69) is 33.8 Å². The molecule has 2 fully saturated rings. The number of ether oxygens (including phenoxy) is 2. The molecule has 2 aliphatic rings. The number of hydrogen-bond donors (Lipinski definition) is 1. The molecule has 2 heterocycles. The number of methoxy groups -OCH3 is 1. The molecule has 0 atom stereocenters. The molecule has 9 heteroatoms. The third-order valence-corrected chi connectivity index (χ3v) is 7.05. The van der Waals surface area contributed by atoms with Crippen molar-refractivity contribution in [2.24, 2.45) is 0 Å². The largest absolute Gasteiger partial charge is 0.453 e. The van der Waals surface area contributed by atoms with Crippen LogP contribution in [0.25, 0.3) is 11.3 Å². The van der Waals surface area contributed by atoms with Crippen LogP contribution < -0.4 is 5.32 Å². The van der Waals surface area contributed by atoms with Crippen LogP contribution in [0.3, 0.4) is 0 Å². The summed E-state index contributed by atoms with van der Waals surface area (Å²) in [6, 6.07) is 8.44. The summed E-state index contributed by atoms with van der Waals surface area (Å²) in [4.78, 5) is 37.6. The number of likely N-dealkylation sites (tertiary alicyclic amines) is 1. The molecule has 1 aromatic heterocycles. The van der Waals surface area contributed by atoms with E-state index in [1.54, 1.807) is 6.20 Å². The monoisotopic (exact) mass is 495 g/mol. The number of anilines is 1. The summed E-state index contributed by atoms with van der Waals surface area (Å²) in [5.41, 5.74) is 3.32. The van der Waals surface area contributed by atoms with Crippen LogP contribution in [0.1, 0.15) is 58.1 Å². The van der Waals surface area contributed by atoms with Gasteiger partial charge in [-0.1, -0.05) is 26.0 Å². The zero-order valence-electron chi connectivity index (χ0n) is 21.5. The minimum absolute atomic E-state index is 0.00851. The van der Waals surface area contributed by atoms with Crippen LogP contribution >= 0.6 is 0 Å². The third kappa shape index (κ3) is 6.72. The normalized spacial score (nSPS) is 16.3. The molecule has 194 valence electrons. The van der Waals surface area contributed by atoms with Crippen molar-refractivity contribution in [1.29, 1.82) is 0 Å². The standard InChI is InChI=1S/C27H37N5O4/c1-4-24(5-2)36-27(34)31-14-12-23(13-15-31)32(22-10-11-22)18-21-16-29-25(17-28-21)19-6-8-20(9-7-19)30-26(33)35-3/h6-9,16-17,22-24H,4-5,10-15,18H2,1-3H3,(H,30,33). The molecule has 1 N–H and O–H groups in total. The lowest BCUT2D eigenvalue weighted by molar-refractivity contribution is 0.0397. The lowest BCUT2D eigenvalue weighted by atomic mass is 10.0. The maximum absolute atomic E-state index is 12.5. The molecule has 9 nitrogen and oxygen atoms in total. The molecule has 1 aliphatic heterocycles. The van der Waals surface area contributed by atoms with Crippen LogP contribution in [0.15, 0.2) is 36.7 Å². The number of rotatable bonds is 9. The van der Waals surface area contributed by atoms with Gasteiger partial charge in [0.05, 0.1) is 30.9 Å². The molecular weight excluding hydrogens is 458 g/mol. The van der Waals surface area contributed by atoms with Crippen molar-refractivity contribution in [3.05, 3.63) is 42.4 Å². The summed E-state index contributed by atoms with van der Waals surface area (Å²) in [6.07, 6.45) is 9.04. The lowest BCUT2D eigenvalue weighted by Gasteiger charge is -2.38. The predicted molar refractivity (Wildman–Crippen MR) is 138 cm³/mol. The van der Waals surface area contributed by atoms with E-state index in [0.717, 1.165) is 62.3 Å². The molecule has 1 aromatic carbocycles. The van der Waals surface area contributed by atoms with E-state index in [1.165, 1.54) is 20.0 Å². The molecule has 2 amide bonds. The maximum atomic E-state index is 12.5. The number of piperidine rings is 1. The first kappa shape index (κ1) is 25.9. The highest BCUT2D eigenvalue weighted by Gasteiger charge is 2.36. The van der Waals surface area contributed by atoms with E-state index < -0.39 is 6.09 Å². The smallest absolute Gasteiger partial charge is 0.411 e. The highest BCUT2D eigenvalue weighted by atomic mass is 16.6. The van der Waals surface area contributed by atoms with Gasteiger partial charge >= 0.3 is 12.2 Å². The number of carbonyl (C=O) groups excluding carboxylic acids is 2. The zero-order valence-corrected chi connectivity index (χ0v) is 21.5. The third-order valence-electron chi connectivity index (χ3n) is 7.05. The highest BCUT2D eigenvalue weighted by Crippen LogP contribution is 2.33. The average Bonchev–Trinajstić information content (AvgIpc) is 3.76.